The highest BCUT2D eigenvalue weighted by atomic mass is 79.9. The van der Waals surface area contributed by atoms with Crippen LogP contribution in [0.1, 0.15) is 18.7 Å². The number of rotatable bonds is 3. The number of ether oxygens (including phenoxy) is 1. The maximum absolute atomic E-state index is 5.73. The Morgan fingerprint density at radius 3 is 2.76 bits per heavy atom. The topological polar surface area (TPSA) is 61.3 Å². The normalized spacial score (nSPS) is 12.5. The third-order valence-electron chi connectivity index (χ3n) is 2.43. The molecule has 0 saturated heterocycles. The molecule has 2 rings (SSSR count). The number of nitrogens with zero attached hydrogens (tertiary/aromatic N) is 1. The summed E-state index contributed by atoms with van der Waals surface area (Å²) in [5, 5.41) is 4.00. The zero-order chi connectivity index (χ0) is 12.4. The van der Waals surface area contributed by atoms with E-state index in [4.69, 9.17) is 15.0 Å². The molecule has 1 aromatic heterocycles. The summed E-state index contributed by atoms with van der Waals surface area (Å²) in [4.78, 5) is 0. The average Bonchev–Trinajstić information content (AvgIpc) is 2.79. The summed E-state index contributed by atoms with van der Waals surface area (Å²) in [6, 6.07) is 7.35. The Morgan fingerprint density at radius 1 is 1.41 bits per heavy atom. The fourth-order valence-corrected chi connectivity index (χ4v) is 1.91. The fraction of sp³-hybridized carbons (Fsp3) is 0.250. The SMILES string of the molecule is COc1ccc(Br)c(-c2cc(C(C)N)on2)c1. The summed E-state index contributed by atoms with van der Waals surface area (Å²) in [6.07, 6.45) is 0. The smallest absolute Gasteiger partial charge is 0.153 e. The van der Waals surface area contributed by atoms with Gasteiger partial charge in [0.15, 0.2) is 5.76 Å². The van der Waals surface area contributed by atoms with Gasteiger partial charge in [-0.25, -0.2) is 0 Å². The molecule has 1 aromatic carbocycles. The molecule has 17 heavy (non-hydrogen) atoms. The summed E-state index contributed by atoms with van der Waals surface area (Å²) >= 11 is 3.47. The minimum absolute atomic E-state index is 0.166. The van der Waals surface area contributed by atoms with E-state index in [0.717, 1.165) is 21.5 Å². The lowest BCUT2D eigenvalue weighted by molar-refractivity contribution is 0.369. The summed E-state index contributed by atoms with van der Waals surface area (Å²) in [7, 11) is 1.63. The number of aromatic nitrogens is 1. The van der Waals surface area contributed by atoms with E-state index >= 15 is 0 Å². The van der Waals surface area contributed by atoms with Crippen LogP contribution in [-0.4, -0.2) is 12.3 Å². The van der Waals surface area contributed by atoms with Crippen molar-refractivity contribution in [3.8, 4) is 17.0 Å². The van der Waals surface area contributed by atoms with Crippen molar-refractivity contribution in [3.63, 3.8) is 0 Å². The summed E-state index contributed by atoms with van der Waals surface area (Å²) < 4.78 is 11.3. The molecule has 0 amide bonds. The molecule has 1 unspecified atom stereocenters. The van der Waals surface area contributed by atoms with Crippen molar-refractivity contribution in [1.29, 1.82) is 0 Å². The van der Waals surface area contributed by atoms with E-state index in [9.17, 15) is 0 Å². The van der Waals surface area contributed by atoms with Crippen LogP contribution in [0.3, 0.4) is 0 Å². The van der Waals surface area contributed by atoms with Crippen molar-refractivity contribution < 1.29 is 9.26 Å². The summed E-state index contributed by atoms with van der Waals surface area (Å²) in [5.41, 5.74) is 7.38. The van der Waals surface area contributed by atoms with Gasteiger partial charge in [-0.2, -0.15) is 0 Å². The number of methoxy groups -OCH3 is 1. The Kier molecular flexibility index (Phi) is 3.49. The van der Waals surface area contributed by atoms with Crippen LogP contribution in [0.25, 0.3) is 11.3 Å². The van der Waals surface area contributed by atoms with Gasteiger partial charge in [-0.15, -0.1) is 0 Å². The number of nitrogens with two attached hydrogens (primary N) is 1. The molecule has 90 valence electrons. The van der Waals surface area contributed by atoms with Gasteiger partial charge in [0.2, 0.25) is 0 Å². The molecule has 0 saturated carbocycles. The van der Waals surface area contributed by atoms with Gasteiger partial charge >= 0.3 is 0 Å². The van der Waals surface area contributed by atoms with Gasteiger partial charge in [-0.3, -0.25) is 0 Å². The highest BCUT2D eigenvalue weighted by Gasteiger charge is 2.12. The minimum atomic E-state index is -0.166. The van der Waals surface area contributed by atoms with Crippen LogP contribution in [-0.2, 0) is 0 Å². The number of hydrogen-bond acceptors (Lipinski definition) is 4. The van der Waals surface area contributed by atoms with E-state index in [1.165, 1.54) is 0 Å². The lowest BCUT2D eigenvalue weighted by Gasteiger charge is -2.03. The van der Waals surface area contributed by atoms with Crippen LogP contribution in [0.2, 0.25) is 0 Å². The van der Waals surface area contributed by atoms with Gasteiger partial charge in [0.25, 0.3) is 0 Å². The number of hydrogen-bond donors (Lipinski definition) is 1. The largest absolute Gasteiger partial charge is 0.497 e. The van der Waals surface area contributed by atoms with E-state index in [1.54, 1.807) is 7.11 Å². The third-order valence-corrected chi connectivity index (χ3v) is 3.12. The van der Waals surface area contributed by atoms with E-state index in [2.05, 4.69) is 21.1 Å². The van der Waals surface area contributed by atoms with Crippen molar-refractivity contribution >= 4 is 15.9 Å². The average molecular weight is 297 g/mol. The zero-order valence-corrected chi connectivity index (χ0v) is 11.2. The Balaban J connectivity index is 2.44. The monoisotopic (exact) mass is 296 g/mol. The highest BCUT2D eigenvalue weighted by molar-refractivity contribution is 9.10. The molecule has 0 fully saturated rings. The predicted molar refractivity (Wildman–Crippen MR) is 68.8 cm³/mol. The number of halogens is 1. The molecule has 1 heterocycles. The molecular weight excluding hydrogens is 284 g/mol. The Labute approximate surface area is 108 Å². The van der Waals surface area contributed by atoms with Gasteiger partial charge in [-0.05, 0) is 25.1 Å². The Bertz CT molecular complexity index is 523. The molecular formula is C12H13BrN2O2. The molecule has 4 nitrogen and oxygen atoms in total. The quantitative estimate of drug-likeness (QED) is 0.945. The lowest BCUT2D eigenvalue weighted by Crippen LogP contribution is -2.02. The molecule has 1 atom stereocenters. The van der Waals surface area contributed by atoms with E-state index in [1.807, 2.05) is 31.2 Å². The standard InChI is InChI=1S/C12H13BrN2O2/c1-7(14)12-6-11(15-17-12)9-5-8(16-2)3-4-10(9)13/h3-7H,14H2,1-2H3. The van der Waals surface area contributed by atoms with Crippen molar-refractivity contribution in [2.75, 3.05) is 7.11 Å². The predicted octanol–water partition coefficient (Wildman–Crippen LogP) is 3.13. The lowest BCUT2D eigenvalue weighted by atomic mass is 10.1. The van der Waals surface area contributed by atoms with Crippen LogP contribution in [0.5, 0.6) is 5.75 Å². The maximum Gasteiger partial charge on any atom is 0.153 e. The van der Waals surface area contributed by atoms with Gasteiger partial charge in [0.1, 0.15) is 11.4 Å². The molecule has 2 N–H and O–H groups in total. The first kappa shape index (κ1) is 12.1. The van der Waals surface area contributed by atoms with Crippen LogP contribution in [0.15, 0.2) is 33.3 Å². The van der Waals surface area contributed by atoms with Crippen molar-refractivity contribution in [2.24, 2.45) is 5.73 Å². The van der Waals surface area contributed by atoms with Crippen molar-refractivity contribution in [1.82, 2.24) is 5.16 Å². The molecule has 0 spiro atoms. The first-order valence-corrected chi connectivity index (χ1v) is 5.97. The second kappa shape index (κ2) is 4.89. The minimum Gasteiger partial charge on any atom is -0.497 e. The second-order valence-electron chi connectivity index (χ2n) is 3.75. The van der Waals surface area contributed by atoms with Crippen LogP contribution in [0, 0.1) is 0 Å². The summed E-state index contributed by atoms with van der Waals surface area (Å²) in [5.74, 6) is 1.43. The zero-order valence-electron chi connectivity index (χ0n) is 9.61. The van der Waals surface area contributed by atoms with Gasteiger partial charge < -0.3 is 15.0 Å². The summed E-state index contributed by atoms with van der Waals surface area (Å²) in [6.45, 7) is 1.85. The van der Waals surface area contributed by atoms with Crippen molar-refractivity contribution in [3.05, 3.63) is 34.5 Å². The van der Waals surface area contributed by atoms with Crippen LogP contribution < -0.4 is 10.5 Å². The molecule has 2 aromatic rings. The third kappa shape index (κ3) is 2.50. The van der Waals surface area contributed by atoms with E-state index in [-0.39, 0.29) is 6.04 Å². The molecule has 5 heteroatoms. The molecule has 0 aliphatic rings. The van der Waals surface area contributed by atoms with Crippen LogP contribution in [0.4, 0.5) is 0 Å². The van der Waals surface area contributed by atoms with Gasteiger partial charge in [0.05, 0.1) is 13.2 Å². The van der Waals surface area contributed by atoms with Gasteiger partial charge in [-0.1, -0.05) is 21.1 Å². The van der Waals surface area contributed by atoms with Crippen LogP contribution >= 0.6 is 15.9 Å². The number of benzene rings is 1. The molecule has 0 aliphatic carbocycles. The van der Waals surface area contributed by atoms with E-state index in [0.29, 0.717) is 5.76 Å². The Hall–Kier alpha value is -1.33. The molecule has 0 aliphatic heterocycles. The Morgan fingerprint density at radius 2 is 2.18 bits per heavy atom. The fourth-order valence-electron chi connectivity index (χ4n) is 1.46. The van der Waals surface area contributed by atoms with Gasteiger partial charge in [0, 0.05) is 16.1 Å². The second-order valence-corrected chi connectivity index (χ2v) is 4.60. The first-order chi connectivity index (χ1) is 8.11. The van der Waals surface area contributed by atoms with Crippen molar-refractivity contribution in [2.45, 2.75) is 13.0 Å². The first-order valence-electron chi connectivity index (χ1n) is 5.18. The molecule has 0 radical (unpaired) electrons. The maximum atomic E-state index is 5.73. The van der Waals surface area contributed by atoms with E-state index < -0.39 is 0 Å². The molecule has 0 bridgehead atoms. The highest BCUT2D eigenvalue weighted by Crippen LogP contribution is 2.31.